The van der Waals surface area contributed by atoms with E-state index in [9.17, 15) is 14.7 Å². The molecule has 1 heterocycles. The molecule has 1 fully saturated rings. The molecule has 156 valence electrons. The second-order valence-electron chi connectivity index (χ2n) is 9.15. The van der Waals surface area contributed by atoms with Crippen molar-refractivity contribution in [3.63, 3.8) is 0 Å². The summed E-state index contributed by atoms with van der Waals surface area (Å²) in [7, 11) is 0. The molecule has 0 saturated carbocycles. The summed E-state index contributed by atoms with van der Waals surface area (Å²) in [4.78, 5) is 27.1. The fraction of sp³-hybridized carbons (Fsp3) is 0.636. The predicted molar refractivity (Wildman–Crippen MR) is 112 cm³/mol. The lowest BCUT2D eigenvalue weighted by atomic mass is 9.66. The number of halogens is 1. The van der Waals surface area contributed by atoms with Gasteiger partial charge in [0.1, 0.15) is 6.04 Å². The molecule has 0 bridgehead atoms. The van der Waals surface area contributed by atoms with Crippen LogP contribution in [-0.4, -0.2) is 41.0 Å². The lowest BCUT2D eigenvalue weighted by Gasteiger charge is -2.51. The van der Waals surface area contributed by atoms with Crippen LogP contribution in [-0.2, 0) is 15.2 Å². The smallest absolute Gasteiger partial charge is 0.245 e. The number of likely N-dealkylation sites (tertiary alicyclic amines) is 1. The molecule has 1 saturated heterocycles. The Morgan fingerprint density at radius 3 is 2.18 bits per heavy atom. The summed E-state index contributed by atoms with van der Waals surface area (Å²) >= 11 is 5.99. The van der Waals surface area contributed by atoms with Crippen molar-refractivity contribution in [3.8, 4) is 0 Å². The van der Waals surface area contributed by atoms with E-state index in [4.69, 9.17) is 11.6 Å². The molecule has 2 atom stereocenters. The highest BCUT2D eigenvalue weighted by atomic mass is 35.5. The molecular weight excluding hydrogens is 376 g/mol. The van der Waals surface area contributed by atoms with E-state index in [1.165, 1.54) is 0 Å². The maximum absolute atomic E-state index is 13.2. The van der Waals surface area contributed by atoms with Crippen molar-refractivity contribution in [2.45, 2.75) is 59.6 Å². The maximum Gasteiger partial charge on any atom is 0.245 e. The Morgan fingerprint density at radius 2 is 1.71 bits per heavy atom. The molecule has 6 heteroatoms. The van der Waals surface area contributed by atoms with Gasteiger partial charge in [-0.2, -0.15) is 0 Å². The molecule has 28 heavy (non-hydrogen) atoms. The summed E-state index contributed by atoms with van der Waals surface area (Å²) in [5.74, 6) is -0.409. The molecule has 0 spiro atoms. The molecular formula is C22H33ClN2O3. The summed E-state index contributed by atoms with van der Waals surface area (Å²) in [5.41, 5.74) is -0.802. The van der Waals surface area contributed by atoms with Crippen LogP contribution >= 0.6 is 11.6 Å². The van der Waals surface area contributed by atoms with Crippen molar-refractivity contribution >= 4 is 23.4 Å². The summed E-state index contributed by atoms with van der Waals surface area (Å²) in [6, 6.07) is 6.69. The highest BCUT2D eigenvalue weighted by Gasteiger charge is 2.50. The molecule has 1 aliphatic heterocycles. The van der Waals surface area contributed by atoms with E-state index in [1.807, 2.05) is 53.7 Å². The van der Waals surface area contributed by atoms with Crippen LogP contribution in [0.1, 0.15) is 53.5 Å². The number of hydrogen-bond donors (Lipinski definition) is 2. The largest absolute Gasteiger partial charge is 0.384 e. The van der Waals surface area contributed by atoms with E-state index in [-0.39, 0.29) is 23.7 Å². The highest BCUT2D eigenvalue weighted by molar-refractivity contribution is 6.30. The summed E-state index contributed by atoms with van der Waals surface area (Å²) in [6.07, 6.45) is 0.427. The Balaban J connectivity index is 2.21. The number of benzene rings is 1. The lowest BCUT2D eigenvalue weighted by molar-refractivity contribution is -0.157. The minimum Gasteiger partial charge on any atom is -0.384 e. The number of aliphatic hydroxyl groups is 1. The van der Waals surface area contributed by atoms with E-state index >= 15 is 0 Å². The third-order valence-corrected chi connectivity index (χ3v) is 6.09. The topological polar surface area (TPSA) is 69.6 Å². The fourth-order valence-electron chi connectivity index (χ4n) is 3.80. The van der Waals surface area contributed by atoms with Crippen LogP contribution in [0.3, 0.4) is 0 Å². The lowest BCUT2D eigenvalue weighted by Crippen LogP contribution is -2.60. The Kier molecular flexibility index (Phi) is 6.82. The van der Waals surface area contributed by atoms with Gasteiger partial charge in [-0.15, -0.1) is 0 Å². The molecule has 0 unspecified atom stereocenters. The third kappa shape index (κ3) is 4.52. The number of piperidine rings is 1. The van der Waals surface area contributed by atoms with E-state index in [2.05, 4.69) is 5.32 Å². The number of nitrogens with zero attached hydrogens (tertiary/aromatic N) is 1. The zero-order valence-electron chi connectivity index (χ0n) is 17.8. The standard InChI is InChI=1S/C22H33ClN2O3/c1-14(2)18(24-19(26)15(3)4)20(27)25-12-11-22(28,21(5,6)13-25)16-7-9-17(23)10-8-16/h7-10,14-15,18,28H,11-13H2,1-6H3,(H,24,26)/t18-,22+/m1/s1. The Labute approximate surface area is 173 Å². The minimum absolute atomic E-state index is 0.0182. The number of amides is 2. The van der Waals surface area contributed by atoms with E-state index in [0.29, 0.717) is 24.5 Å². The number of rotatable bonds is 5. The van der Waals surface area contributed by atoms with Crippen molar-refractivity contribution in [2.75, 3.05) is 13.1 Å². The molecule has 1 aliphatic rings. The number of nitrogens with one attached hydrogen (secondary N) is 1. The average Bonchev–Trinajstić information content (AvgIpc) is 2.61. The van der Waals surface area contributed by atoms with Crippen molar-refractivity contribution in [1.82, 2.24) is 10.2 Å². The zero-order valence-corrected chi connectivity index (χ0v) is 18.5. The van der Waals surface area contributed by atoms with Gasteiger partial charge < -0.3 is 15.3 Å². The fourth-order valence-corrected chi connectivity index (χ4v) is 3.93. The zero-order chi connectivity index (χ0) is 21.3. The van der Waals surface area contributed by atoms with Crippen LogP contribution < -0.4 is 5.32 Å². The SMILES string of the molecule is CC(C)C(=O)N[C@@H](C(=O)N1CC[C@](O)(c2ccc(Cl)cc2)C(C)(C)C1)C(C)C. The normalized spacial score (nSPS) is 23.0. The maximum atomic E-state index is 13.2. The Bertz CT molecular complexity index is 715. The average molecular weight is 409 g/mol. The number of carbonyl (C=O) groups excluding carboxylic acids is 2. The quantitative estimate of drug-likeness (QED) is 0.782. The summed E-state index contributed by atoms with van der Waals surface area (Å²) < 4.78 is 0. The molecule has 2 rings (SSSR count). The third-order valence-electron chi connectivity index (χ3n) is 5.84. The van der Waals surface area contributed by atoms with Gasteiger partial charge in [0.25, 0.3) is 0 Å². The first-order chi connectivity index (χ1) is 12.9. The molecule has 2 N–H and O–H groups in total. The Morgan fingerprint density at radius 1 is 1.14 bits per heavy atom. The van der Waals surface area contributed by atoms with Crippen molar-refractivity contribution in [3.05, 3.63) is 34.9 Å². The van der Waals surface area contributed by atoms with Gasteiger partial charge in [0, 0.05) is 29.4 Å². The molecule has 1 aromatic carbocycles. The molecule has 0 aliphatic carbocycles. The molecule has 5 nitrogen and oxygen atoms in total. The van der Waals surface area contributed by atoms with Crippen molar-refractivity contribution in [2.24, 2.45) is 17.3 Å². The molecule has 0 radical (unpaired) electrons. The van der Waals surface area contributed by atoms with Gasteiger partial charge in [-0.3, -0.25) is 9.59 Å². The van der Waals surface area contributed by atoms with Gasteiger partial charge in [0.15, 0.2) is 0 Å². The first-order valence-electron chi connectivity index (χ1n) is 9.96. The van der Waals surface area contributed by atoms with Gasteiger partial charge in [-0.05, 0) is 30.0 Å². The van der Waals surface area contributed by atoms with Crippen LogP contribution in [0.25, 0.3) is 0 Å². The predicted octanol–water partition coefficient (Wildman–Crippen LogP) is 3.58. The van der Waals surface area contributed by atoms with Gasteiger partial charge in [0.05, 0.1) is 5.60 Å². The van der Waals surface area contributed by atoms with Crippen LogP contribution in [0.2, 0.25) is 5.02 Å². The second-order valence-corrected chi connectivity index (χ2v) is 9.58. The second kappa shape index (κ2) is 8.42. The summed E-state index contributed by atoms with van der Waals surface area (Å²) in [5, 5.41) is 15.0. The number of hydrogen-bond acceptors (Lipinski definition) is 3. The monoisotopic (exact) mass is 408 g/mol. The van der Waals surface area contributed by atoms with Gasteiger partial charge >= 0.3 is 0 Å². The molecule has 2 amide bonds. The van der Waals surface area contributed by atoms with Crippen molar-refractivity contribution < 1.29 is 14.7 Å². The highest BCUT2D eigenvalue weighted by Crippen LogP contribution is 2.46. The van der Waals surface area contributed by atoms with Crippen molar-refractivity contribution in [1.29, 1.82) is 0 Å². The molecule has 1 aromatic rings. The van der Waals surface area contributed by atoms with E-state index in [1.54, 1.807) is 17.0 Å². The van der Waals surface area contributed by atoms with Gasteiger partial charge in [0.2, 0.25) is 11.8 Å². The van der Waals surface area contributed by atoms with Gasteiger partial charge in [-0.1, -0.05) is 65.3 Å². The van der Waals surface area contributed by atoms with Crippen LogP contribution in [0.4, 0.5) is 0 Å². The van der Waals surface area contributed by atoms with Gasteiger partial charge in [-0.25, -0.2) is 0 Å². The summed E-state index contributed by atoms with van der Waals surface area (Å²) in [6.45, 7) is 12.3. The van der Waals surface area contributed by atoms with E-state index < -0.39 is 17.1 Å². The van der Waals surface area contributed by atoms with Crippen LogP contribution in [0.15, 0.2) is 24.3 Å². The molecule has 0 aromatic heterocycles. The minimum atomic E-state index is -1.05. The van der Waals surface area contributed by atoms with E-state index in [0.717, 1.165) is 5.56 Å². The first kappa shape index (κ1) is 22.7. The first-order valence-corrected chi connectivity index (χ1v) is 10.3. The van der Waals surface area contributed by atoms with Crippen LogP contribution in [0.5, 0.6) is 0 Å². The Hall–Kier alpha value is -1.59. The number of carbonyl (C=O) groups is 2. The van der Waals surface area contributed by atoms with Crippen LogP contribution in [0, 0.1) is 17.3 Å².